The highest BCUT2D eigenvalue weighted by atomic mass is 16.5. The van der Waals surface area contributed by atoms with Crippen molar-refractivity contribution in [3.8, 4) is 0 Å². The molecule has 1 aromatic rings. The summed E-state index contributed by atoms with van der Waals surface area (Å²) in [6.07, 6.45) is 1.67. The minimum Gasteiger partial charge on any atom is -0.469 e. The molecule has 2 rings (SSSR count). The average molecular weight is 239 g/mol. The van der Waals surface area contributed by atoms with Crippen molar-refractivity contribution in [2.45, 2.75) is 26.3 Å². The molecule has 0 aliphatic carbocycles. The summed E-state index contributed by atoms with van der Waals surface area (Å²) < 4.78 is 9.67. The molecule has 6 nitrogen and oxygen atoms in total. The lowest BCUT2D eigenvalue weighted by Gasteiger charge is -2.29. The van der Waals surface area contributed by atoms with Crippen molar-refractivity contribution < 1.29 is 14.1 Å². The Morgan fingerprint density at radius 3 is 2.76 bits per heavy atom. The van der Waals surface area contributed by atoms with Gasteiger partial charge in [-0.15, -0.1) is 0 Å². The summed E-state index contributed by atoms with van der Waals surface area (Å²) in [4.78, 5) is 17.7. The van der Waals surface area contributed by atoms with Crippen LogP contribution in [0.4, 0.5) is 0 Å². The third kappa shape index (κ3) is 3.03. The van der Waals surface area contributed by atoms with Gasteiger partial charge in [-0.1, -0.05) is 5.16 Å². The molecule has 94 valence electrons. The van der Waals surface area contributed by atoms with Crippen molar-refractivity contribution in [3.05, 3.63) is 11.7 Å². The van der Waals surface area contributed by atoms with E-state index < -0.39 is 0 Å². The van der Waals surface area contributed by atoms with Gasteiger partial charge in [-0.3, -0.25) is 9.69 Å². The Labute approximate surface area is 99.9 Å². The highest BCUT2D eigenvalue weighted by Crippen LogP contribution is 2.19. The second-order valence-electron chi connectivity index (χ2n) is 4.30. The molecule has 2 heterocycles. The molecule has 0 saturated carbocycles. The van der Waals surface area contributed by atoms with Crippen molar-refractivity contribution in [1.82, 2.24) is 15.0 Å². The number of hydrogen-bond acceptors (Lipinski definition) is 6. The molecule has 0 bridgehead atoms. The van der Waals surface area contributed by atoms with Crippen molar-refractivity contribution in [3.63, 3.8) is 0 Å². The van der Waals surface area contributed by atoms with Gasteiger partial charge in [0.1, 0.15) is 0 Å². The number of likely N-dealkylation sites (tertiary alicyclic amines) is 1. The Bertz CT molecular complexity index is 383. The maximum absolute atomic E-state index is 11.4. The Morgan fingerprint density at radius 1 is 1.53 bits per heavy atom. The highest BCUT2D eigenvalue weighted by Gasteiger charge is 2.26. The molecule has 1 aromatic heterocycles. The number of carbonyl (C=O) groups is 1. The van der Waals surface area contributed by atoms with Gasteiger partial charge in [-0.05, 0) is 25.9 Å². The molecule has 1 saturated heterocycles. The Balaban J connectivity index is 1.81. The SMILES string of the molecule is COC(=O)C1CCN(Cc2noc(C)n2)CC1. The molecule has 0 amide bonds. The van der Waals surface area contributed by atoms with E-state index in [-0.39, 0.29) is 11.9 Å². The molecule has 0 spiro atoms. The number of rotatable bonds is 3. The summed E-state index contributed by atoms with van der Waals surface area (Å²) >= 11 is 0. The van der Waals surface area contributed by atoms with E-state index >= 15 is 0 Å². The Hall–Kier alpha value is -1.43. The van der Waals surface area contributed by atoms with Crippen LogP contribution in [0.1, 0.15) is 24.6 Å². The van der Waals surface area contributed by atoms with Gasteiger partial charge >= 0.3 is 5.97 Å². The number of hydrogen-bond donors (Lipinski definition) is 0. The molecule has 1 aliphatic rings. The first-order valence-electron chi connectivity index (χ1n) is 5.78. The van der Waals surface area contributed by atoms with Crippen molar-refractivity contribution >= 4 is 5.97 Å². The smallest absolute Gasteiger partial charge is 0.308 e. The first-order chi connectivity index (χ1) is 8.19. The van der Waals surface area contributed by atoms with Gasteiger partial charge in [-0.25, -0.2) is 0 Å². The van der Waals surface area contributed by atoms with Crippen LogP contribution in [0.2, 0.25) is 0 Å². The summed E-state index contributed by atoms with van der Waals surface area (Å²) in [7, 11) is 1.44. The van der Waals surface area contributed by atoms with Gasteiger partial charge in [0.15, 0.2) is 5.82 Å². The fourth-order valence-corrected chi connectivity index (χ4v) is 2.10. The van der Waals surface area contributed by atoms with Crippen LogP contribution in [-0.4, -0.2) is 41.2 Å². The molecule has 17 heavy (non-hydrogen) atoms. The number of aryl methyl sites for hydroxylation is 1. The standard InChI is InChI=1S/C11H17N3O3/c1-8-12-10(13-17-8)7-14-5-3-9(4-6-14)11(15)16-2/h9H,3-7H2,1-2H3. The van der Waals surface area contributed by atoms with E-state index in [1.165, 1.54) is 7.11 Å². The lowest BCUT2D eigenvalue weighted by Crippen LogP contribution is -2.36. The zero-order chi connectivity index (χ0) is 12.3. The van der Waals surface area contributed by atoms with E-state index in [1.54, 1.807) is 6.92 Å². The number of aromatic nitrogens is 2. The van der Waals surface area contributed by atoms with E-state index in [0.717, 1.165) is 25.9 Å². The third-order valence-electron chi connectivity index (χ3n) is 3.06. The van der Waals surface area contributed by atoms with Gasteiger partial charge < -0.3 is 9.26 Å². The molecule has 6 heteroatoms. The molecule has 0 atom stereocenters. The second-order valence-corrected chi connectivity index (χ2v) is 4.30. The molecule has 0 N–H and O–H groups in total. The Kier molecular flexibility index (Phi) is 3.73. The molecule has 0 radical (unpaired) electrons. The van der Waals surface area contributed by atoms with Crippen LogP contribution >= 0.6 is 0 Å². The molecular formula is C11H17N3O3. The van der Waals surface area contributed by atoms with E-state index in [1.807, 2.05) is 0 Å². The summed E-state index contributed by atoms with van der Waals surface area (Å²) in [5.41, 5.74) is 0. The predicted molar refractivity (Wildman–Crippen MR) is 59.1 cm³/mol. The van der Waals surface area contributed by atoms with Crippen molar-refractivity contribution in [2.24, 2.45) is 5.92 Å². The topological polar surface area (TPSA) is 68.5 Å². The van der Waals surface area contributed by atoms with E-state index in [2.05, 4.69) is 15.0 Å². The Morgan fingerprint density at radius 2 is 2.24 bits per heavy atom. The predicted octanol–water partition coefficient (Wildman–Crippen LogP) is 0.763. The number of esters is 1. The van der Waals surface area contributed by atoms with Gasteiger partial charge in [0.2, 0.25) is 5.89 Å². The van der Waals surface area contributed by atoms with Crippen LogP contribution in [-0.2, 0) is 16.1 Å². The summed E-state index contributed by atoms with van der Waals surface area (Å²) in [6.45, 7) is 4.20. The summed E-state index contributed by atoms with van der Waals surface area (Å²) in [6, 6.07) is 0. The fraction of sp³-hybridized carbons (Fsp3) is 0.727. The van der Waals surface area contributed by atoms with E-state index in [0.29, 0.717) is 18.3 Å². The van der Waals surface area contributed by atoms with Crippen LogP contribution in [0.15, 0.2) is 4.52 Å². The van der Waals surface area contributed by atoms with Gasteiger partial charge in [0.25, 0.3) is 0 Å². The minimum atomic E-state index is -0.0972. The normalized spacial score (nSPS) is 18.2. The zero-order valence-electron chi connectivity index (χ0n) is 10.2. The van der Waals surface area contributed by atoms with E-state index in [9.17, 15) is 4.79 Å². The quantitative estimate of drug-likeness (QED) is 0.725. The summed E-state index contributed by atoms with van der Waals surface area (Å²) in [5.74, 6) is 1.24. The number of ether oxygens (including phenoxy) is 1. The second kappa shape index (κ2) is 5.27. The van der Waals surface area contributed by atoms with Crippen molar-refractivity contribution in [1.29, 1.82) is 0 Å². The monoisotopic (exact) mass is 239 g/mol. The van der Waals surface area contributed by atoms with Gasteiger partial charge in [-0.2, -0.15) is 4.98 Å². The van der Waals surface area contributed by atoms with Gasteiger partial charge in [0.05, 0.1) is 19.6 Å². The molecule has 0 aromatic carbocycles. The summed E-state index contributed by atoms with van der Waals surface area (Å²) in [5, 5.41) is 3.86. The first-order valence-corrected chi connectivity index (χ1v) is 5.78. The van der Waals surface area contributed by atoms with Crippen LogP contribution < -0.4 is 0 Å². The van der Waals surface area contributed by atoms with E-state index in [4.69, 9.17) is 9.26 Å². The number of methoxy groups -OCH3 is 1. The lowest BCUT2D eigenvalue weighted by atomic mass is 9.97. The number of nitrogens with zero attached hydrogens (tertiary/aromatic N) is 3. The van der Waals surface area contributed by atoms with Crippen LogP contribution in [0, 0.1) is 12.8 Å². The molecule has 0 unspecified atom stereocenters. The van der Waals surface area contributed by atoms with Crippen molar-refractivity contribution in [2.75, 3.05) is 20.2 Å². The van der Waals surface area contributed by atoms with Crippen LogP contribution in [0.3, 0.4) is 0 Å². The maximum atomic E-state index is 11.4. The first kappa shape index (κ1) is 12.0. The molecule has 1 aliphatic heterocycles. The minimum absolute atomic E-state index is 0.0447. The van der Waals surface area contributed by atoms with Crippen LogP contribution in [0.5, 0.6) is 0 Å². The fourth-order valence-electron chi connectivity index (χ4n) is 2.10. The average Bonchev–Trinajstić information content (AvgIpc) is 2.75. The highest BCUT2D eigenvalue weighted by molar-refractivity contribution is 5.72. The number of carbonyl (C=O) groups excluding carboxylic acids is 1. The number of piperidine rings is 1. The third-order valence-corrected chi connectivity index (χ3v) is 3.06. The zero-order valence-corrected chi connectivity index (χ0v) is 10.2. The largest absolute Gasteiger partial charge is 0.469 e. The molecule has 1 fully saturated rings. The molecular weight excluding hydrogens is 222 g/mol. The van der Waals surface area contributed by atoms with Crippen LogP contribution in [0.25, 0.3) is 0 Å². The lowest BCUT2D eigenvalue weighted by molar-refractivity contribution is -0.147. The maximum Gasteiger partial charge on any atom is 0.308 e. The van der Waals surface area contributed by atoms with Gasteiger partial charge in [0, 0.05) is 6.92 Å².